The first kappa shape index (κ1) is 17.7. The zero-order valence-electron chi connectivity index (χ0n) is 16.2. The van der Waals surface area contributed by atoms with Crippen molar-refractivity contribution in [1.29, 1.82) is 0 Å². The lowest BCUT2D eigenvalue weighted by atomic mass is 9.46. The van der Waals surface area contributed by atoms with Gasteiger partial charge in [0.05, 0.1) is 12.7 Å². The molecule has 1 spiro atoms. The molecule has 3 atom stereocenters. The predicted octanol–water partition coefficient (Wildman–Crippen LogP) is 3.05. The third kappa shape index (κ3) is 2.86. The Morgan fingerprint density at radius 1 is 1.35 bits per heavy atom. The topological polar surface area (TPSA) is 46.1 Å². The van der Waals surface area contributed by atoms with Crippen molar-refractivity contribution in [3.8, 4) is 5.75 Å². The summed E-state index contributed by atoms with van der Waals surface area (Å²) in [4.78, 5) is 6.77. The Labute approximate surface area is 156 Å². The molecule has 3 fully saturated rings. The third-order valence-electron chi connectivity index (χ3n) is 6.55. The first-order valence-corrected chi connectivity index (χ1v) is 9.96. The molecule has 5 nitrogen and oxygen atoms in total. The molecule has 142 valence electrons. The lowest BCUT2D eigenvalue weighted by Crippen LogP contribution is -2.72. The molecule has 1 aliphatic heterocycles. The van der Waals surface area contributed by atoms with Crippen LogP contribution >= 0.6 is 0 Å². The van der Waals surface area contributed by atoms with Gasteiger partial charge in [0.2, 0.25) is 0 Å². The van der Waals surface area contributed by atoms with Crippen molar-refractivity contribution in [1.82, 2.24) is 10.2 Å². The van der Waals surface area contributed by atoms with Crippen LogP contribution in [0.1, 0.15) is 38.2 Å². The van der Waals surface area contributed by atoms with E-state index in [0.717, 1.165) is 24.9 Å². The monoisotopic (exact) mass is 357 g/mol. The second kappa shape index (κ2) is 7.10. The van der Waals surface area contributed by atoms with E-state index < -0.39 is 0 Å². The van der Waals surface area contributed by atoms with Crippen LogP contribution in [-0.2, 0) is 11.3 Å². The van der Waals surface area contributed by atoms with Crippen molar-refractivity contribution in [2.24, 2.45) is 16.3 Å². The van der Waals surface area contributed by atoms with Crippen molar-refractivity contribution in [3.63, 3.8) is 0 Å². The first-order chi connectivity index (χ1) is 12.7. The van der Waals surface area contributed by atoms with Crippen LogP contribution in [0.15, 0.2) is 29.3 Å². The quantitative estimate of drug-likeness (QED) is 0.650. The fraction of sp³-hybridized carbons (Fsp3) is 0.667. The molecule has 0 bridgehead atoms. The molecule has 1 heterocycles. The average molecular weight is 357 g/mol. The van der Waals surface area contributed by atoms with E-state index in [2.05, 4.69) is 34.4 Å². The summed E-state index contributed by atoms with van der Waals surface area (Å²) < 4.78 is 11.6. The van der Waals surface area contributed by atoms with Crippen LogP contribution in [-0.4, -0.2) is 50.3 Å². The minimum Gasteiger partial charge on any atom is -0.494 e. The molecule has 3 unspecified atom stereocenters. The molecule has 4 rings (SSSR count). The highest BCUT2D eigenvalue weighted by atomic mass is 16.5. The summed E-state index contributed by atoms with van der Waals surface area (Å²) in [6, 6.07) is 8.86. The van der Waals surface area contributed by atoms with Crippen LogP contribution in [0, 0.1) is 11.3 Å². The van der Waals surface area contributed by atoms with Crippen molar-refractivity contribution in [3.05, 3.63) is 29.8 Å². The zero-order chi connectivity index (χ0) is 18.1. The summed E-state index contributed by atoms with van der Waals surface area (Å²) in [5, 5.41) is 3.79. The van der Waals surface area contributed by atoms with Crippen LogP contribution in [0.2, 0.25) is 0 Å². The van der Waals surface area contributed by atoms with Gasteiger partial charge in [0.25, 0.3) is 0 Å². The van der Waals surface area contributed by atoms with E-state index in [0.29, 0.717) is 30.1 Å². The average Bonchev–Trinajstić information content (AvgIpc) is 3.01. The number of ether oxygens (including phenoxy) is 2. The SMILES string of the molecule is CCOc1ccc(CN(C)C(=NC)NC2C3CCOC3C23CCC3)cc1. The molecule has 2 saturated carbocycles. The summed E-state index contributed by atoms with van der Waals surface area (Å²) in [6.45, 7) is 4.46. The highest BCUT2D eigenvalue weighted by Gasteiger charge is 2.66. The van der Waals surface area contributed by atoms with Gasteiger partial charge < -0.3 is 19.7 Å². The number of nitrogens with one attached hydrogen (secondary N) is 1. The number of hydrogen-bond acceptors (Lipinski definition) is 3. The fourth-order valence-electron chi connectivity index (χ4n) is 5.15. The van der Waals surface area contributed by atoms with Crippen LogP contribution in [0.25, 0.3) is 0 Å². The first-order valence-electron chi connectivity index (χ1n) is 9.96. The van der Waals surface area contributed by atoms with E-state index in [1.165, 1.54) is 31.2 Å². The van der Waals surface area contributed by atoms with Crippen molar-refractivity contribution >= 4 is 5.96 Å². The smallest absolute Gasteiger partial charge is 0.193 e. The Morgan fingerprint density at radius 2 is 2.12 bits per heavy atom. The van der Waals surface area contributed by atoms with Gasteiger partial charge in [-0.25, -0.2) is 0 Å². The molecule has 5 heteroatoms. The van der Waals surface area contributed by atoms with E-state index in [4.69, 9.17) is 9.47 Å². The van der Waals surface area contributed by atoms with Crippen LogP contribution in [0.5, 0.6) is 5.75 Å². The Hall–Kier alpha value is -1.75. The van der Waals surface area contributed by atoms with Crippen molar-refractivity contribution < 1.29 is 9.47 Å². The van der Waals surface area contributed by atoms with Gasteiger partial charge in [-0.3, -0.25) is 4.99 Å². The van der Waals surface area contributed by atoms with Crippen molar-refractivity contribution in [2.45, 2.75) is 51.3 Å². The number of benzene rings is 1. The van der Waals surface area contributed by atoms with Gasteiger partial charge in [-0.2, -0.15) is 0 Å². The maximum atomic E-state index is 6.04. The van der Waals surface area contributed by atoms with E-state index in [1.807, 2.05) is 26.1 Å². The van der Waals surface area contributed by atoms with Gasteiger partial charge in [-0.15, -0.1) is 0 Å². The molecule has 0 radical (unpaired) electrons. The number of fused-ring (bicyclic) bond motifs is 2. The van der Waals surface area contributed by atoms with Gasteiger partial charge in [-0.1, -0.05) is 18.6 Å². The number of hydrogen-bond donors (Lipinski definition) is 1. The summed E-state index contributed by atoms with van der Waals surface area (Å²) in [7, 11) is 3.99. The Bertz CT molecular complexity index is 654. The molecule has 3 aliphatic rings. The minimum atomic E-state index is 0.372. The summed E-state index contributed by atoms with van der Waals surface area (Å²) in [6.07, 6.45) is 5.61. The highest BCUT2D eigenvalue weighted by molar-refractivity contribution is 5.80. The van der Waals surface area contributed by atoms with Crippen LogP contribution < -0.4 is 10.1 Å². The summed E-state index contributed by atoms with van der Waals surface area (Å²) in [5.74, 6) is 2.57. The van der Waals surface area contributed by atoms with E-state index >= 15 is 0 Å². The summed E-state index contributed by atoms with van der Waals surface area (Å²) in [5.41, 5.74) is 1.63. The van der Waals surface area contributed by atoms with Gasteiger partial charge in [-0.05, 0) is 43.9 Å². The molecule has 0 aromatic heterocycles. The second-order valence-corrected chi connectivity index (χ2v) is 7.93. The third-order valence-corrected chi connectivity index (χ3v) is 6.55. The standard InChI is InChI=1S/C21H31N3O2/c1-4-25-16-8-6-15(7-9-16)14-24(3)20(22-2)23-18-17-10-13-26-19(17)21(18)11-5-12-21/h6-9,17-19H,4-5,10-14H2,1-3H3,(H,22,23). The lowest BCUT2D eigenvalue weighted by molar-refractivity contribution is -0.171. The van der Waals surface area contributed by atoms with E-state index in [1.54, 1.807) is 0 Å². The number of nitrogens with zero attached hydrogens (tertiary/aromatic N) is 2. The van der Waals surface area contributed by atoms with Crippen LogP contribution in [0.4, 0.5) is 0 Å². The second-order valence-electron chi connectivity index (χ2n) is 7.93. The number of aliphatic imine (C=N–C) groups is 1. The minimum absolute atomic E-state index is 0.372. The molecular weight excluding hydrogens is 326 g/mol. The molecule has 0 amide bonds. The molecule has 1 saturated heterocycles. The van der Waals surface area contributed by atoms with Crippen LogP contribution in [0.3, 0.4) is 0 Å². The molecule has 26 heavy (non-hydrogen) atoms. The molecule has 1 N–H and O–H groups in total. The van der Waals surface area contributed by atoms with E-state index in [9.17, 15) is 0 Å². The number of guanidine groups is 1. The highest BCUT2D eigenvalue weighted by Crippen LogP contribution is 2.62. The largest absolute Gasteiger partial charge is 0.494 e. The van der Waals surface area contributed by atoms with Gasteiger partial charge >= 0.3 is 0 Å². The van der Waals surface area contributed by atoms with Gasteiger partial charge in [0, 0.05) is 44.6 Å². The van der Waals surface area contributed by atoms with E-state index in [-0.39, 0.29) is 0 Å². The molecule has 1 aromatic rings. The zero-order valence-corrected chi connectivity index (χ0v) is 16.2. The lowest BCUT2D eigenvalue weighted by Gasteiger charge is -2.63. The van der Waals surface area contributed by atoms with Crippen molar-refractivity contribution in [2.75, 3.05) is 27.3 Å². The summed E-state index contributed by atoms with van der Waals surface area (Å²) >= 11 is 0. The molecule has 1 aromatic carbocycles. The fourth-order valence-corrected chi connectivity index (χ4v) is 5.15. The Balaban J connectivity index is 1.39. The molecule has 2 aliphatic carbocycles. The normalized spacial score (nSPS) is 28.9. The number of rotatable bonds is 5. The Kier molecular flexibility index (Phi) is 4.82. The predicted molar refractivity (Wildman–Crippen MR) is 103 cm³/mol. The maximum Gasteiger partial charge on any atom is 0.193 e. The Morgan fingerprint density at radius 3 is 2.73 bits per heavy atom. The molecular formula is C21H31N3O2. The van der Waals surface area contributed by atoms with Gasteiger partial charge in [0.1, 0.15) is 5.75 Å². The van der Waals surface area contributed by atoms with Gasteiger partial charge in [0.15, 0.2) is 5.96 Å². The maximum absolute atomic E-state index is 6.04.